The third-order valence-electron chi connectivity index (χ3n) is 5.43. The van der Waals surface area contributed by atoms with Gasteiger partial charge in [0.2, 0.25) is 0 Å². The van der Waals surface area contributed by atoms with Crippen molar-refractivity contribution >= 4 is 28.9 Å². The number of aryl methyl sites for hydroxylation is 1. The van der Waals surface area contributed by atoms with Crippen molar-refractivity contribution in [2.24, 2.45) is 0 Å². The Morgan fingerprint density at radius 3 is 2.74 bits per heavy atom. The molecule has 35 heavy (non-hydrogen) atoms. The number of carbonyl (C=O) groups excluding carboxylic acids is 1. The van der Waals surface area contributed by atoms with Gasteiger partial charge in [-0.2, -0.15) is 0 Å². The third kappa shape index (κ3) is 5.81. The Bertz CT molecular complexity index is 1340. The van der Waals surface area contributed by atoms with Crippen LogP contribution in [0, 0.1) is 6.92 Å². The maximum Gasteiger partial charge on any atom is 0.358 e. The molecule has 1 aliphatic heterocycles. The monoisotopic (exact) mass is 488 g/mol. The van der Waals surface area contributed by atoms with E-state index in [4.69, 9.17) is 4.74 Å². The maximum absolute atomic E-state index is 12.4. The molecular formula is C24H24N8O2S. The average Bonchev–Trinajstić information content (AvgIpc) is 3.48. The Labute approximate surface area is 206 Å². The molecule has 0 aromatic carbocycles. The molecule has 4 aromatic rings. The summed E-state index contributed by atoms with van der Waals surface area (Å²) >= 11 is 1.39. The first-order valence-electron chi connectivity index (χ1n) is 11.2. The lowest BCUT2D eigenvalue weighted by molar-refractivity contribution is 0.0321. The molecule has 1 saturated heterocycles. The summed E-state index contributed by atoms with van der Waals surface area (Å²) < 4.78 is 5.57. The van der Waals surface area contributed by atoms with Gasteiger partial charge in [0.15, 0.2) is 11.5 Å². The van der Waals surface area contributed by atoms with Crippen LogP contribution in [-0.4, -0.2) is 67.0 Å². The molecule has 0 aliphatic carbocycles. The molecule has 1 aliphatic rings. The van der Waals surface area contributed by atoms with Crippen LogP contribution in [0.2, 0.25) is 0 Å². The summed E-state index contributed by atoms with van der Waals surface area (Å²) in [6.45, 7) is 3.61. The molecule has 10 nitrogen and oxygen atoms in total. The normalized spacial score (nSPS) is 15.8. The number of thiazole rings is 1. The molecule has 1 N–H and O–H groups in total. The number of esters is 1. The largest absolute Gasteiger partial charge is 0.456 e. The number of carbonyl (C=O) groups is 1. The zero-order valence-electron chi connectivity index (χ0n) is 19.4. The first kappa shape index (κ1) is 22.9. The molecule has 5 rings (SSSR count). The highest BCUT2D eigenvalue weighted by atomic mass is 32.1. The van der Waals surface area contributed by atoms with Crippen LogP contribution in [0.1, 0.15) is 33.4 Å². The van der Waals surface area contributed by atoms with Gasteiger partial charge in [0.1, 0.15) is 34.3 Å². The van der Waals surface area contributed by atoms with Crippen molar-refractivity contribution in [2.45, 2.75) is 25.9 Å². The Kier molecular flexibility index (Phi) is 6.68. The third-order valence-corrected chi connectivity index (χ3v) is 6.28. The summed E-state index contributed by atoms with van der Waals surface area (Å²) in [7, 11) is 2.02. The lowest BCUT2D eigenvalue weighted by Crippen LogP contribution is -2.22. The quantitative estimate of drug-likeness (QED) is 0.388. The van der Waals surface area contributed by atoms with E-state index in [1.165, 1.54) is 11.3 Å². The topological polar surface area (TPSA) is 119 Å². The molecule has 0 saturated carbocycles. The van der Waals surface area contributed by atoms with Gasteiger partial charge in [-0.05, 0) is 44.7 Å². The van der Waals surface area contributed by atoms with Crippen LogP contribution >= 0.6 is 11.3 Å². The summed E-state index contributed by atoms with van der Waals surface area (Å²) in [5.41, 5.74) is 1.93. The van der Waals surface area contributed by atoms with Gasteiger partial charge in [-0.25, -0.2) is 34.7 Å². The molecule has 0 amide bonds. The summed E-state index contributed by atoms with van der Waals surface area (Å²) in [5.74, 6) is 1.92. The molecule has 1 atom stereocenters. The molecule has 178 valence electrons. The Balaban J connectivity index is 1.24. The van der Waals surface area contributed by atoms with Crippen LogP contribution in [0.4, 0.5) is 11.6 Å². The predicted octanol–water partition coefficient (Wildman–Crippen LogP) is 3.29. The molecule has 0 radical (unpaired) electrons. The molecule has 0 unspecified atom stereocenters. The Hall–Kier alpha value is -3.83. The first-order chi connectivity index (χ1) is 17.0. The van der Waals surface area contributed by atoms with Gasteiger partial charge in [-0.1, -0.05) is 6.07 Å². The van der Waals surface area contributed by atoms with Gasteiger partial charge in [0.25, 0.3) is 0 Å². The number of likely N-dealkylation sites (tertiary alicyclic amines) is 1. The minimum atomic E-state index is -0.383. The van der Waals surface area contributed by atoms with E-state index in [9.17, 15) is 4.79 Å². The van der Waals surface area contributed by atoms with Crippen molar-refractivity contribution < 1.29 is 9.53 Å². The highest BCUT2D eigenvalue weighted by molar-refractivity contribution is 7.09. The predicted molar refractivity (Wildman–Crippen MR) is 132 cm³/mol. The zero-order chi connectivity index (χ0) is 24.2. The van der Waals surface area contributed by atoms with E-state index in [2.05, 4.69) is 40.1 Å². The zero-order valence-corrected chi connectivity index (χ0v) is 20.2. The molecule has 1 fully saturated rings. The number of hydrogen-bond donors (Lipinski definition) is 1. The SMILES string of the molecule is Cc1cccc(-c2nccc(Nc3ccnc(Cc4nc(C(=O)O[C@@H]5CCN(C)C5)cs4)n3)n2)n1. The number of anilines is 2. The second kappa shape index (κ2) is 10.2. The Morgan fingerprint density at radius 2 is 1.94 bits per heavy atom. The molecular weight excluding hydrogens is 464 g/mol. The minimum Gasteiger partial charge on any atom is -0.456 e. The van der Waals surface area contributed by atoms with Crippen LogP contribution in [0.15, 0.2) is 48.1 Å². The van der Waals surface area contributed by atoms with E-state index >= 15 is 0 Å². The average molecular weight is 489 g/mol. The van der Waals surface area contributed by atoms with Gasteiger partial charge in [0.05, 0.1) is 6.42 Å². The van der Waals surface area contributed by atoms with Crippen molar-refractivity contribution in [3.05, 3.63) is 70.3 Å². The van der Waals surface area contributed by atoms with Crippen LogP contribution < -0.4 is 5.32 Å². The summed E-state index contributed by atoms with van der Waals surface area (Å²) in [4.78, 5) is 41.3. The van der Waals surface area contributed by atoms with Gasteiger partial charge >= 0.3 is 5.97 Å². The van der Waals surface area contributed by atoms with E-state index < -0.39 is 0 Å². The molecule has 11 heteroatoms. The summed E-state index contributed by atoms with van der Waals surface area (Å²) in [5, 5.41) is 5.66. The fourth-order valence-electron chi connectivity index (χ4n) is 3.73. The number of likely N-dealkylation sites (N-methyl/N-ethyl adjacent to an activating group) is 1. The van der Waals surface area contributed by atoms with Crippen LogP contribution in [0.25, 0.3) is 11.5 Å². The second-order valence-corrected chi connectivity index (χ2v) is 9.24. The highest BCUT2D eigenvalue weighted by Crippen LogP contribution is 2.19. The number of aromatic nitrogens is 6. The van der Waals surface area contributed by atoms with E-state index in [1.54, 1.807) is 29.9 Å². The molecule has 5 heterocycles. The first-order valence-corrected chi connectivity index (χ1v) is 12.1. The number of rotatable bonds is 7. The number of pyridine rings is 1. The number of ether oxygens (including phenoxy) is 1. The van der Waals surface area contributed by atoms with Crippen LogP contribution in [0.3, 0.4) is 0 Å². The number of nitrogens with one attached hydrogen (secondary N) is 1. The van der Waals surface area contributed by atoms with E-state index in [0.29, 0.717) is 41.1 Å². The fraction of sp³-hybridized carbons (Fsp3) is 0.292. The van der Waals surface area contributed by atoms with Gasteiger partial charge in [0, 0.05) is 36.6 Å². The fourth-order valence-corrected chi connectivity index (χ4v) is 4.49. The second-order valence-electron chi connectivity index (χ2n) is 8.29. The van der Waals surface area contributed by atoms with Crippen molar-refractivity contribution in [3.63, 3.8) is 0 Å². The van der Waals surface area contributed by atoms with Crippen molar-refractivity contribution in [2.75, 3.05) is 25.5 Å². The van der Waals surface area contributed by atoms with E-state index in [1.807, 2.05) is 32.2 Å². The van der Waals surface area contributed by atoms with Gasteiger partial charge < -0.3 is 15.0 Å². The number of hydrogen-bond acceptors (Lipinski definition) is 11. The summed E-state index contributed by atoms with van der Waals surface area (Å²) in [6.07, 6.45) is 4.53. The highest BCUT2D eigenvalue weighted by Gasteiger charge is 2.24. The summed E-state index contributed by atoms with van der Waals surface area (Å²) in [6, 6.07) is 9.26. The van der Waals surface area contributed by atoms with Crippen LogP contribution in [-0.2, 0) is 11.2 Å². The van der Waals surface area contributed by atoms with Crippen molar-refractivity contribution in [1.82, 2.24) is 34.8 Å². The lowest BCUT2D eigenvalue weighted by Gasteiger charge is -2.10. The Morgan fingerprint density at radius 1 is 1.11 bits per heavy atom. The standard InChI is InChI=1S/C24H24N8O2S/c1-15-4-3-5-17(27-15)23-26-10-7-20(31-23)29-19-6-9-25-21(30-19)12-22-28-18(14-35-22)24(33)34-16-8-11-32(2)13-16/h3-7,9-10,14,16H,8,11-13H2,1-2H3,(H,25,26,29,30,31)/t16-/m1/s1. The number of nitrogens with zero attached hydrogens (tertiary/aromatic N) is 7. The molecule has 4 aromatic heterocycles. The van der Waals surface area contributed by atoms with Crippen LogP contribution in [0.5, 0.6) is 0 Å². The van der Waals surface area contributed by atoms with E-state index in [0.717, 1.165) is 30.2 Å². The lowest BCUT2D eigenvalue weighted by atomic mass is 10.3. The maximum atomic E-state index is 12.4. The molecule has 0 spiro atoms. The van der Waals surface area contributed by atoms with E-state index in [-0.39, 0.29) is 12.1 Å². The molecule has 0 bridgehead atoms. The van der Waals surface area contributed by atoms with Gasteiger partial charge in [-0.15, -0.1) is 11.3 Å². The smallest absolute Gasteiger partial charge is 0.358 e. The van der Waals surface area contributed by atoms with Gasteiger partial charge in [-0.3, -0.25) is 0 Å². The van der Waals surface area contributed by atoms with Crippen molar-refractivity contribution in [3.8, 4) is 11.5 Å². The minimum absolute atomic E-state index is 0.0762. The van der Waals surface area contributed by atoms with Crippen molar-refractivity contribution in [1.29, 1.82) is 0 Å².